The fourth-order valence-corrected chi connectivity index (χ4v) is 2.42. The Morgan fingerprint density at radius 1 is 1.04 bits per heavy atom. The van der Waals surface area contributed by atoms with Crippen LogP contribution in [-0.4, -0.2) is 26.2 Å². The predicted octanol–water partition coefficient (Wildman–Crippen LogP) is 3.34. The van der Waals surface area contributed by atoms with Crippen LogP contribution in [0.4, 0.5) is 5.69 Å². The third kappa shape index (κ3) is 3.47. The van der Waals surface area contributed by atoms with Crippen LogP contribution < -0.4 is 5.32 Å². The Morgan fingerprint density at radius 3 is 2.32 bits per heavy atom. The number of hydrogen-bond donors (Lipinski definition) is 1. The highest BCUT2D eigenvalue weighted by Crippen LogP contribution is 2.17. The van der Waals surface area contributed by atoms with Crippen molar-refractivity contribution < 1.29 is 9.59 Å². The molecule has 2 heterocycles. The molecule has 3 rings (SSSR count). The number of Topliss-reactive ketones (excluding diaryl/α,β-unsaturated/α-hetero) is 1. The van der Waals surface area contributed by atoms with E-state index in [4.69, 9.17) is 0 Å². The second-order valence-electron chi connectivity index (χ2n) is 5.80. The summed E-state index contributed by atoms with van der Waals surface area (Å²) in [6.45, 7) is 5.41. The van der Waals surface area contributed by atoms with Crippen molar-refractivity contribution in [2.45, 2.75) is 20.8 Å². The predicted molar refractivity (Wildman–Crippen MR) is 95.2 cm³/mol. The van der Waals surface area contributed by atoms with Gasteiger partial charge in [0, 0.05) is 35.0 Å². The largest absolute Gasteiger partial charge is 0.322 e. The average Bonchev–Trinajstić information content (AvgIpc) is 2.95. The number of hydrogen-bond acceptors (Lipinski definition) is 4. The third-order valence-corrected chi connectivity index (χ3v) is 4.06. The lowest BCUT2D eigenvalue weighted by atomic mass is 10.1. The first kappa shape index (κ1) is 16.6. The molecule has 0 saturated heterocycles. The smallest absolute Gasteiger partial charge is 0.257 e. The van der Waals surface area contributed by atoms with E-state index in [1.165, 1.54) is 25.4 Å². The molecule has 2 aromatic heterocycles. The second-order valence-corrected chi connectivity index (χ2v) is 5.80. The van der Waals surface area contributed by atoms with Gasteiger partial charge in [0.25, 0.3) is 5.91 Å². The van der Waals surface area contributed by atoms with Crippen LogP contribution in [0.2, 0.25) is 0 Å². The molecule has 0 saturated carbocycles. The van der Waals surface area contributed by atoms with Crippen LogP contribution in [-0.2, 0) is 0 Å². The molecule has 0 atom stereocenters. The fourth-order valence-electron chi connectivity index (χ4n) is 2.42. The molecule has 25 heavy (non-hydrogen) atoms. The summed E-state index contributed by atoms with van der Waals surface area (Å²) in [5.41, 5.74) is 4.44. The topological polar surface area (TPSA) is 76.9 Å². The molecule has 1 N–H and O–H groups in total. The molecule has 0 unspecified atom stereocenters. The number of rotatable bonds is 4. The molecule has 1 aromatic carbocycles. The van der Waals surface area contributed by atoms with Crippen molar-refractivity contribution in [2.75, 3.05) is 5.32 Å². The van der Waals surface area contributed by atoms with E-state index in [0.717, 1.165) is 17.1 Å². The number of aromatic nitrogens is 3. The van der Waals surface area contributed by atoms with Crippen molar-refractivity contribution in [1.29, 1.82) is 0 Å². The van der Waals surface area contributed by atoms with Crippen LogP contribution in [0.5, 0.6) is 0 Å². The van der Waals surface area contributed by atoms with Crippen LogP contribution in [0.15, 0.2) is 49.1 Å². The maximum Gasteiger partial charge on any atom is 0.257 e. The van der Waals surface area contributed by atoms with Gasteiger partial charge in [0.05, 0.1) is 17.6 Å². The Kier molecular flexibility index (Phi) is 4.43. The first-order valence-corrected chi connectivity index (χ1v) is 7.84. The Balaban J connectivity index is 1.77. The Bertz CT molecular complexity index is 942. The standard InChI is InChI=1S/C19H18N4O2/c1-12-13(2)23(11-21-12)18-6-4-17(5-7-18)22-19(25)16-8-15(14(3)24)9-20-10-16/h4-11H,1-3H3,(H,22,25). The lowest BCUT2D eigenvalue weighted by Gasteiger charge is -2.09. The summed E-state index contributed by atoms with van der Waals surface area (Å²) in [6.07, 6.45) is 4.66. The van der Waals surface area contributed by atoms with Crippen LogP contribution in [0.3, 0.4) is 0 Å². The zero-order chi connectivity index (χ0) is 18.0. The molecular formula is C19H18N4O2. The molecule has 126 valence electrons. The minimum absolute atomic E-state index is 0.127. The number of carbonyl (C=O) groups is 2. The van der Waals surface area contributed by atoms with E-state index < -0.39 is 0 Å². The lowest BCUT2D eigenvalue weighted by molar-refractivity contribution is 0.101. The van der Waals surface area contributed by atoms with Crippen molar-refractivity contribution in [3.05, 3.63) is 71.6 Å². The van der Waals surface area contributed by atoms with Crippen molar-refractivity contribution in [2.24, 2.45) is 0 Å². The number of benzene rings is 1. The third-order valence-electron chi connectivity index (χ3n) is 4.06. The van der Waals surface area contributed by atoms with E-state index in [2.05, 4.69) is 15.3 Å². The summed E-state index contributed by atoms with van der Waals surface area (Å²) in [7, 11) is 0. The molecule has 0 spiro atoms. The number of anilines is 1. The van der Waals surface area contributed by atoms with Crippen LogP contribution in [0, 0.1) is 13.8 Å². The number of nitrogens with zero attached hydrogens (tertiary/aromatic N) is 3. The van der Waals surface area contributed by atoms with Crippen molar-refractivity contribution >= 4 is 17.4 Å². The van der Waals surface area contributed by atoms with Gasteiger partial charge in [-0.15, -0.1) is 0 Å². The van der Waals surface area contributed by atoms with Gasteiger partial charge in [0.2, 0.25) is 0 Å². The fraction of sp³-hybridized carbons (Fsp3) is 0.158. The van der Waals surface area contributed by atoms with Gasteiger partial charge < -0.3 is 9.88 Å². The molecule has 1 amide bonds. The van der Waals surface area contributed by atoms with Gasteiger partial charge in [-0.05, 0) is 51.1 Å². The number of nitrogens with one attached hydrogen (secondary N) is 1. The molecule has 0 radical (unpaired) electrons. The number of ketones is 1. The minimum atomic E-state index is -0.307. The Hall–Kier alpha value is -3.28. The number of pyridine rings is 1. The van der Waals surface area contributed by atoms with Gasteiger partial charge in [0.15, 0.2) is 5.78 Å². The summed E-state index contributed by atoms with van der Waals surface area (Å²) in [6, 6.07) is 9.01. The highest BCUT2D eigenvalue weighted by atomic mass is 16.1. The first-order chi connectivity index (χ1) is 12.0. The van der Waals surface area contributed by atoms with E-state index in [-0.39, 0.29) is 11.7 Å². The van der Waals surface area contributed by atoms with E-state index in [1.807, 2.05) is 42.7 Å². The van der Waals surface area contributed by atoms with Crippen molar-refractivity contribution in [3.63, 3.8) is 0 Å². The normalized spacial score (nSPS) is 10.5. The van der Waals surface area contributed by atoms with Crippen LogP contribution in [0.1, 0.15) is 39.0 Å². The number of carbonyl (C=O) groups excluding carboxylic acids is 2. The van der Waals surface area contributed by atoms with Crippen molar-refractivity contribution in [3.8, 4) is 5.69 Å². The molecule has 6 nitrogen and oxygen atoms in total. The summed E-state index contributed by atoms with van der Waals surface area (Å²) >= 11 is 0. The van der Waals surface area contributed by atoms with E-state index in [9.17, 15) is 9.59 Å². The summed E-state index contributed by atoms with van der Waals surface area (Å²) < 4.78 is 1.99. The van der Waals surface area contributed by atoms with Gasteiger partial charge in [-0.25, -0.2) is 4.98 Å². The van der Waals surface area contributed by atoms with Gasteiger partial charge in [-0.2, -0.15) is 0 Å². The van der Waals surface area contributed by atoms with Gasteiger partial charge in [-0.3, -0.25) is 14.6 Å². The van der Waals surface area contributed by atoms with Crippen LogP contribution in [0.25, 0.3) is 5.69 Å². The first-order valence-electron chi connectivity index (χ1n) is 7.84. The summed E-state index contributed by atoms with van der Waals surface area (Å²) in [4.78, 5) is 32.0. The minimum Gasteiger partial charge on any atom is -0.322 e. The highest BCUT2D eigenvalue weighted by molar-refractivity contribution is 6.05. The summed E-state index contributed by atoms with van der Waals surface area (Å²) in [5, 5.41) is 2.81. The number of imidazole rings is 1. The average molecular weight is 334 g/mol. The van der Waals surface area contributed by atoms with E-state index >= 15 is 0 Å². The molecular weight excluding hydrogens is 316 g/mol. The van der Waals surface area contributed by atoms with Gasteiger partial charge >= 0.3 is 0 Å². The second kappa shape index (κ2) is 6.68. The monoisotopic (exact) mass is 334 g/mol. The van der Waals surface area contributed by atoms with Crippen molar-refractivity contribution in [1.82, 2.24) is 14.5 Å². The summed E-state index contributed by atoms with van der Waals surface area (Å²) in [5.74, 6) is -0.435. The Labute approximate surface area is 145 Å². The number of amides is 1. The molecule has 0 aliphatic rings. The molecule has 0 bridgehead atoms. The maximum atomic E-state index is 12.3. The molecule has 0 fully saturated rings. The van der Waals surface area contributed by atoms with Gasteiger partial charge in [0.1, 0.15) is 0 Å². The van der Waals surface area contributed by atoms with Crippen LogP contribution >= 0.6 is 0 Å². The lowest BCUT2D eigenvalue weighted by Crippen LogP contribution is -2.13. The number of aryl methyl sites for hydroxylation is 1. The maximum absolute atomic E-state index is 12.3. The SMILES string of the molecule is CC(=O)c1cncc(C(=O)Nc2ccc(-n3cnc(C)c3C)cc2)c1. The molecule has 0 aliphatic heterocycles. The highest BCUT2D eigenvalue weighted by Gasteiger charge is 2.10. The van der Waals surface area contributed by atoms with E-state index in [0.29, 0.717) is 16.8 Å². The van der Waals surface area contributed by atoms with E-state index in [1.54, 1.807) is 6.33 Å². The zero-order valence-electron chi connectivity index (χ0n) is 14.3. The molecule has 6 heteroatoms. The quantitative estimate of drug-likeness (QED) is 0.742. The zero-order valence-corrected chi connectivity index (χ0v) is 14.3. The Morgan fingerprint density at radius 2 is 1.72 bits per heavy atom. The molecule has 3 aromatic rings. The van der Waals surface area contributed by atoms with Gasteiger partial charge in [-0.1, -0.05) is 0 Å². The molecule has 0 aliphatic carbocycles.